The van der Waals surface area contributed by atoms with Crippen LogP contribution in [0.3, 0.4) is 0 Å². The van der Waals surface area contributed by atoms with Gasteiger partial charge in [-0.3, -0.25) is 9.59 Å². The Morgan fingerprint density at radius 3 is 2.30 bits per heavy atom. The molecule has 0 saturated heterocycles. The topological polar surface area (TPSA) is 58.2 Å². The Hall–Kier alpha value is -2.54. The van der Waals surface area contributed by atoms with Gasteiger partial charge in [0.05, 0.1) is 11.3 Å². The molecule has 4 nitrogen and oxygen atoms in total. The zero-order valence-corrected chi connectivity index (χ0v) is 14.8. The van der Waals surface area contributed by atoms with Crippen LogP contribution in [0, 0.1) is 5.41 Å². The van der Waals surface area contributed by atoms with E-state index in [4.69, 9.17) is 11.6 Å². The van der Waals surface area contributed by atoms with Crippen LogP contribution < -0.4 is 10.6 Å². The van der Waals surface area contributed by atoms with Crippen LogP contribution in [0.1, 0.15) is 24.0 Å². The molecule has 2 amide bonds. The minimum absolute atomic E-state index is 0.0953. The van der Waals surface area contributed by atoms with Crippen LogP contribution >= 0.6 is 11.6 Å². The molecule has 27 heavy (non-hydrogen) atoms. The molecule has 8 heteroatoms. The minimum atomic E-state index is -4.68. The summed E-state index contributed by atoms with van der Waals surface area (Å²) in [5, 5.41) is 4.83. The van der Waals surface area contributed by atoms with Gasteiger partial charge in [-0.05, 0) is 36.6 Å². The molecule has 0 aliphatic heterocycles. The fourth-order valence-electron chi connectivity index (χ4n) is 2.73. The molecule has 142 valence electrons. The number of anilines is 1. The summed E-state index contributed by atoms with van der Waals surface area (Å²) in [6.07, 6.45) is -4.11. The largest absolute Gasteiger partial charge is 0.418 e. The van der Waals surface area contributed by atoms with Crippen molar-refractivity contribution in [1.82, 2.24) is 5.32 Å². The average Bonchev–Trinajstić information content (AvgIpc) is 3.43. The fraction of sp³-hybridized carbons (Fsp3) is 0.263. The molecule has 1 saturated carbocycles. The minimum Gasteiger partial charge on any atom is -0.351 e. The lowest BCUT2D eigenvalue weighted by molar-refractivity contribution is -0.137. The van der Waals surface area contributed by atoms with Crippen molar-refractivity contribution in [2.24, 2.45) is 5.41 Å². The maximum atomic E-state index is 13.2. The van der Waals surface area contributed by atoms with Crippen LogP contribution in [0.2, 0.25) is 5.02 Å². The van der Waals surface area contributed by atoms with Gasteiger partial charge in [0.1, 0.15) is 5.41 Å². The summed E-state index contributed by atoms with van der Waals surface area (Å²) < 4.78 is 39.5. The average molecular weight is 397 g/mol. The second-order valence-electron chi connectivity index (χ2n) is 6.39. The van der Waals surface area contributed by atoms with Crippen LogP contribution in [0.15, 0.2) is 48.5 Å². The van der Waals surface area contributed by atoms with Gasteiger partial charge >= 0.3 is 6.18 Å². The van der Waals surface area contributed by atoms with E-state index in [0.29, 0.717) is 0 Å². The summed E-state index contributed by atoms with van der Waals surface area (Å²) in [5.74, 6) is -1.24. The second-order valence-corrected chi connectivity index (χ2v) is 6.83. The van der Waals surface area contributed by atoms with E-state index in [1.54, 1.807) is 0 Å². The summed E-state index contributed by atoms with van der Waals surface area (Å²) in [6.45, 7) is 0.240. The maximum Gasteiger partial charge on any atom is 0.418 e. The normalized spacial score (nSPS) is 15.1. The van der Waals surface area contributed by atoms with Crippen LogP contribution in [0.25, 0.3) is 0 Å². The lowest BCUT2D eigenvalue weighted by Crippen LogP contribution is -2.39. The molecule has 2 aromatic rings. The van der Waals surface area contributed by atoms with Gasteiger partial charge in [0, 0.05) is 11.6 Å². The molecule has 2 N–H and O–H groups in total. The van der Waals surface area contributed by atoms with Gasteiger partial charge in [-0.15, -0.1) is 0 Å². The number of carbonyl (C=O) groups excluding carboxylic acids is 2. The zero-order chi connectivity index (χ0) is 19.7. The second kappa shape index (κ2) is 7.23. The molecule has 0 bridgehead atoms. The van der Waals surface area contributed by atoms with Crippen LogP contribution in [-0.4, -0.2) is 11.8 Å². The van der Waals surface area contributed by atoms with Gasteiger partial charge in [0.25, 0.3) is 0 Å². The Labute approximate surface area is 158 Å². The highest BCUT2D eigenvalue weighted by molar-refractivity contribution is 6.30. The number of halogens is 4. The van der Waals surface area contributed by atoms with E-state index in [0.717, 1.165) is 17.7 Å². The Bertz CT molecular complexity index is 865. The zero-order valence-electron chi connectivity index (χ0n) is 14.1. The molecular formula is C19H16ClF3N2O2. The lowest BCUT2D eigenvalue weighted by atomic mass is 10.0. The van der Waals surface area contributed by atoms with Gasteiger partial charge < -0.3 is 10.6 Å². The van der Waals surface area contributed by atoms with Crippen molar-refractivity contribution >= 4 is 29.1 Å². The standard InChI is InChI=1S/C19H16ClF3N2O2/c20-13-6-7-15(14(10-13)19(21,22)23)25-17(27)18(8-9-18)16(26)24-11-12-4-2-1-3-5-12/h1-7,10H,8-9,11H2,(H,24,26)(H,25,27). The molecule has 1 fully saturated rings. The first kappa shape index (κ1) is 19.2. The van der Waals surface area contributed by atoms with E-state index in [1.807, 2.05) is 30.3 Å². The lowest BCUT2D eigenvalue weighted by Gasteiger charge is -2.18. The van der Waals surface area contributed by atoms with Gasteiger partial charge in [-0.2, -0.15) is 13.2 Å². The third kappa shape index (κ3) is 4.24. The van der Waals surface area contributed by atoms with Crippen molar-refractivity contribution in [3.05, 3.63) is 64.7 Å². The smallest absolute Gasteiger partial charge is 0.351 e. The number of alkyl halides is 3. The molecule has 0 spiro atoms. The van der Waals surface area contributed by atoms with Crippen molar-refractivity contribution < 1.29 is 22.8 Å². The van der Waals surface area contributed by atoms with Crippen molar-refractivity contribution in [1.29, 1.82) is 0 Å². The SMILES string of the molecule is O=C(NCc1ccccc1)C1(C(=O)Nc2ccc(Cl)cc2C(F)(F)F)CC1. The number of carbonyl (C=O) groups is 2. The Kier molecular flexibility index (Phi) is 5.15. The van der Waals surface area contributed by atoms with E-state index in [-0.39, 0.29) is 24.4 Å². The Morgan fingerprint density at radius 1 is 1.04 bits per heavy atom. The molecular weight excluding hydrogens is 381 g/mol. The summed E-state index contributed by atoms with van der Waals surface area (Å²) in [4.78, 5) is 25.0. The molecule has 0 aromatic heterocycles. The number of nitrogens with one attached hydrogen (secondary N) is 2. The third-order valence-corrected chi connectivity index (χ3v) is 4.69. The molecule has 1 aliphatic rings. The summed E-state index contributed by atoms with van der Waals surface area (Å²) >= 11 is 5.63. The van der Waals surface area contributed by atoms with Gasteiger partial charge in [-0.25, -0.2) is 0 Å². The molecule has 0 radical (unpaired) electrons. The predicted molar refractivity (Wildman–Crippen MR) is 95.0 cm³/mol. The number of benzene rings is 2. The highest BCUT2D eigenvalue weighted by atomic mass is 35.5. The van der Waals surface area contributed by atoms with E-state index in [2.05, 4.69) is 10.6 Å². The summed E-state index contributed by atoms with van der Waals surface area (Å²) in [7, 11) is 0. The van der Waals surface area contributed by atoms with E-state index >= 15 is 0 Å². The predicted octanol–water partition coefficient (Wildman–Crippen LogP) is 4.39. The first-order valence-corrected chi connectivity index (χ1v) is 8.61. The third-order valence-electron chi connectivity index (χ3n) is 4.45. The molecule has 3 rings (SSSR count). The van der Waals surface area contributed by atoms with Crippen LogP contribution in [0.5, 0.6) is 0 Å². The van der Waals surface area contributed by atoms with E-state index < -0.39 is 34.7 Å². The van der Waals surface area contributed by atoms with E-state index in [9.17, 15) is 22.8 Å². The van der Waals surface area contributed by atoms with Crippen molar-refractivity contribution in [3.8, 4) is 0 Å². The number of amides is 2. The molecule has 0 unspecified atom stereocenters. The molecule has 0 heterocycles. The Balaban J connectivity index is 1.72. The number of rotatable bonds is 5. The van der Waals surface area contributed by atoms with Crippen molar-refractivity contribution in [2.45, 2.75) is 25.6 Å². The molecule has 1 aliphatic carbocycles. The van der Waals surface area contributed by atoms with Gasteiger partial charge in [0.2, 0.25) is 11.8 Å². The molecule has 0 atom stereocenters. The van der Waals surface area contributed by atoms with Gasteiger partial charge in [-0.1, -0.05) is 41.9 Å². The fourth-order valence-corrected chi connectivity index (χ4v) is 2.90. The number of hydrogen-bond acceptors (Lipinski definition) is 2. The first-order valence-electron chi connectivity index (χ1n) is 8.23. The Morgan fingerprint density at radius 2 is 1.70 bits per heavy atom. The summed E-state index contributed by atoms with van der Waals surface area (Å²) in [6, 6.07) is 12.2. The monoisotopic (exact) mass is 396 g/mol. The van der Waals surface area contributed by atoms with Crippen molar-refractivity contribution in [3.63, 3.8) is 0 Å². The highest BCUT2D eigenvalue weighted by Gasteiger charge is 2.56. The molecule has 2 aromatic carbocycles. The summed E-state index contributed by atoms with van der Waals surface area (Å²) in [5.41, 5.74) is -1.95. The quantitative estimate of drug-likeness (QED) is 0.736. The number of hydrogen-bond donors (Lipinski definition) is 2. The highest BCUT2D eigenvalue weighted by Crippen LogP contribution is 2.47. The van der Waals surface area contributed by atoms with Crippen LogP contribution in [0.4, 0.5) is 18.9 Å². The van der Waals surface area contributed by atoms with Gasteiger partial charge in [0.15, 0.2) is 0 Å². The van der Waals surface area contributed by atoms with Crippen LogP contribution in [-0.2, 0) is 22.3 Å². The first-order chi connectivity index (χ1) is 12.7. The maximum absolute atomic E-state index is 13.2. The van der Waals surface area contributed by atoms with Crippen molar-refractivity contribution in [2.75, 3.05) is 5.32 Å². The van der Waals surface area contributed by atoms with E-state index in [1.165, 1.54) is 6.07 Å².